The van der Waals surface area contributed by atoms with E-state index in [-0.39, 0.29) is 5.91 Å². The number of nitrogens with zero attached hydrogens (tertiary/aromatic N) is 3. The summed E-state index contributed by atoms with van der Waals surface area (Å²) in [5.74, 6) is 1.55. The zero-order valence-corrected chi connectivity index (χ0v) is 17.0. The summed E-state index contributed by atoms with van der Waals surface area (Å²) in [7, 11) is 0. The van der Waals surface area contributed by atoms with Gasteiger partial charge in [0, 0.05) is 24.0 Å². The molecule has 7 heteroatoms. The number of amides is 1. The minimum absolute atomic E-state index is 0.101. The van der Waals surface area contributed by atoms with E-state index in [4.69, 9.17) is 4.74 Å². The van der Waals surface area contributed by atoms with Gasteiger partial charge in [-0.1, -0.05) is 18.2 Å². The van der Waals surface area contributed by atoms with Gasteiger partial charge >= 0.3 is 0 Å². The lowest BCUT2D eigenvalue weighted by molar-refractivity contribution is 0.0952. The molecule has 4 aromatic rings. The topological polar surface area (TPSA) is 69.0 Å². The molecule has 0 fully saturated rings. The number of benzene rings is 2. The first kappa shape index (κ1) is 19.1. The Morgan fingerprint density at radius 2 is 2.10 bits per heavy atom. The number of hydrogen-bond donors (Lipinski definition) is 1. The van der Waals surface area contributed by atoms with Crippen molar-refractivity contribution in [3.8, 4) is 5.75 Å². The van der Waals surface area contributed by atoms with E-state index >= 15 is 0 Å². The molecule has 29 heavy (non-hydrogen) atoms. The fraction of sp³-hybridized carbons (Fsp3) is 0.227. The zero-order chi connectivity index (χ0) is 20.1. The minimum atomic E-state index is -0.101. The molecular formula is C22H22N4O2S. The Morgan fingerprint density at radius 3 is 2.97 bits per heavy atom. The predicted molar refractivity (Wildman–Crippen MR) is 114 cm³/mol. The molecule has 0 spiro atoms. The lowest BCUT2D eigenvalue weighted by atomic mass is 10.2. The number of aromatic nitrogens is 3. The Balaban J connectivity index is 1.29. The highest BCUT2D eigenvalue weighted by atomic mass is 32.1. The molecule has 6 nitrogen and oxygen atoms in total. The number of ether oxygens (including phenoxy) is 1. The van der Waals surface area contributed by atoms with Gasteiger partial charge in [-0.05, 0) is 43.7 Å². The first-order valence-electron chi connectivity index (χ1n) is 9.51. The second kappa shape index (κ2) is 8.87. The van der Waals surface area contributed by atoms with Crippen molar-refractivity contribution in [1.29, 1.82) is 0 Å². The SMILES string of the molecule is Cc1nc2ccccc2n1CCCNC(=O)c1cccc(OCc2cscn2)c1. The fourth-order valence-electron chi connectivity index (χ4n) is 3.21. The summed E-state index contributed by atoms with van der Waals surface area (Å²) in [6.45, 7) is 3.81. The smallest absolute Gasteiger partial charge is 0.251 e. The Kier molecular flexibility index (Phi) is 5.86. The Labute approximate surface area is 173 Å². The zero-order valence-electron chi connectivity index (χ0n) is 16.2. The van der Waals surface area contributed by atoms with Gasteiger partial charge < -0.3 is 14.6 Å². The molecule has 1 amide bonds. The summed E-state index contributed by atoms with van der Waals surface area (Å²) >= 11 is 1.53. The Hall–Kier alpha value is -3.19. The van der Waals surface area contributed by atoms with Crippen LogP contribution < -0.4 is 10.1 Å². The van der Waals surface area contributed by atoms with Crippen LogP contribution in [0.5, 0.6) is 5.75 Å². The van der Waals surface area contributed by atoms with E-state index in [0.717, 1.165) is 35.5 Å². The van der Waals surface area contributed by atoms with E-state index in [9.17, 15) is 4.79 Å². The van der Waals surface area contributed by atoms with Crippen molar-refractivity contribution in [2.45, 2.75) is 26.5 Å². The van der Waals surface area contributed by atoms with Crippen LogP contribution in [0, 0.1) is 6.92 Å². The molecular weight excluding hydrogens is 384 g/mol. The van der Waals surface area contributed by atoms with Crippen molar-refractivity contribution in [2.75, 3.05) is 6.54 Å². The number of carbonyl (C=O) groups is 1. The van der Waals surface area contributed by atoms with Crippen LogP contribution in [0.2, 0.25) is 0 Å². The lowest BCUT2D eigenvalue weighted by Crippen LogP contribution is -2.25. The van der Waals surface area contributed by atoms with Crippen LogP contribution in [0.3, 0.4) is 0 Å². The maximum Gasteiger partial charge on any atom is 0.251 e. The van der Waals surface area contributed by atoms with Crippen LogP contribution in [0.25, 0.3) is 11.0 Å². The van der Waals surface area contributed by atoms with E-state index in [0.29, 0.717) is 24.5 Å². The minimum Gasteiger partial charge on any atom is -0.487 e. The molecule has 0 bridgehead atoms. The van der Waals surface area contributed by atoms with Gasteiger partial charge in [0.05, 0.1) is 22.2 Å². The van der Waals surface area contributed by atoms with E-state index in [1.54, 1.807) is 17.6 Å². The molecule has 2 heterocycles. The van der Waals surface area contributed by atoms with E-state index in [2.05, 4.69) is 25.9 Å². The highest BCUT2D eigenvalue weighted by Crippen LogP contribution is 2.17. The van der Waals surface area contributed by atoms with E-state index in [1.807, 2.05) is 42.6 Å². The summed E-state index contributed by atoms with van der Waals surface area (Å²) in [6.07, 6.45) is 0.826. The van der Waals surface area contributed by atoms with Crippen molar-refractivity contribution in [2.24, 2.45) is 0 Å². The standard InChI is InChI=1S/C22H22N4O2S/c1-16-25-20-8-2-3-9-21(20)26(16)11-5-10-23-22(27)17-6-4-7-19(12-17)28-13-18-14-29-15-24-18/h2-4,6-9,12,14-15H,5,10-11,13H2,1H3,(H,23,27). The number of imidazole rings is 1. The maximum atomic E-state index is 12.5. The third-order valence-electron chi connectivity index (χ3n) is 4.66. The molecule has 148 valence electrons. The first-order valence-corrected chi connectivity index (χ1v) is 10.4. The number of fused-ring (bicyclic) bond motifs is 1. The number of para-hydroxylation sites is 2. The average Bonchev–Trinajstić information content (AvgIpc) is 3.37. The summed E-state index contributed by atoms with van der Waals surface area (Å²) in [4.78, 5) is 21.2. The van der Waals surface area contributed by atoms with Crippen molar-refractivity contribution >= 4 is 28.3 Å². The molecule has 0 unspecified atom stereocenters. The number of nitrogens with one attached hydrogen (secondary N) is 1. The van der Waals surface area contributed by atoms with Crippen LogP contribution in [0.4, 0.5) is 0 Å². The monoisotopic (exact) mass is 406 g/mol. The van der Waals surface area contributed by atoms with Gasteiger partial charge in [0.15, 0.2) is 0 Å². The number of carbonyl (C=O) groups excluding carboxylic acids is 1. The molecule has 0 saturated heterocycles. The van der Waals surface area contributed by atoms with Gasteiger partial charge in [0.2, 0.25) is 0 Å². The van der Waals surface area contributed by atoms with Crippen molar-refractivity contribution < 1.29 is 9.53 Å². The van der Waals surface area contributed by atoms with Gasteiger partial charge in [-0.15, -0.1) is 11.3 Å². The Morgan fingerprint density at radius 1 is 1.21 bits per heavy atom. The highest BCUT2D eigenvalue weighted by molar-refractivity contribution is 7.07. The predicted octanol–water partition coefficient (Wildman–Crippen LogP) is 4.20. The first-order chi connectivity index (χ1) is 14.2. The third kappa shape index (κ3) is 4.63. The molecule has 0 aliphatic heterocycles. The van der Waals surface area contributed by atoms with Gasteiger partial charge in [-0.3, -0.25) is 4.79 Å². The summed E-state index contributed by atoms with van der Waals surface area (Å²) < 4.78 is 7.91. The van der Waals surface area contributed by atoms with Crippen molar-refractivity contribution in [3.63, 3.8) is 0 Å². The van der Waals surface area contributed by atoms with Gasteiger partial charge in [-0.25, -0.2) is 9.97 Å². The van der Waals surface area contributed by atoms with Crippen LogP contribution in [-0.2, 0) is 13.2 Å². The largest absolute Gasteiger partial charge is 0.487 e. The molecule has 0 atom stereocenters. The van der Waals surface area contributed by atoms with Crippen molar-refractivity contribution in [1.82, 2.24) is 19.9 Å². The molecule has 0 radical (unpaired) electrons. The Bertz CT molecular complexity index is 1110. The van der Waals surface area contributed by atoms with Gasteiger partial charge in [0.25, 0.3) is 5.91 Å². The fourth-order valence-corrected chi connectivity index (χ4v) is 3.76. The quantitative estimate of drug-likeness (QED) is 0.445. The van der Waals surface area contributed by atoms with Crippen molar-refractivity contribution in [3.05, 3.63) is 76.5 Å². The third-order valence-corrected chi connectivity index (χ3v) is 5.29. The average molecular weight is 407 g/mol. The molecule has 2 aromatic carbocycles. The molecule has 0 aliphatic rings. The van der Waals surface area contributed by atoms with Crippen LogP contribution in [-0.4, -0.2) is 27.0 Å². The molecule has 0 saturated carbocycles. The normalized spacial score (nSPS) is 10.9. The van der Waals surface area contributed by atoms with Gasteiger partial charge in [0.1, 0.15) is 18.2 Å². The van der Waals surface area contributed by atoms with Crippen LogP contribution >= 0.6 is 11.3 Å². The number of aryl methyl sites for hydroxylation is 2. The lowest BCUT2D eigenvalue weighted by Gasteiger charge is -2.09. The number of thiazole rings is 1. The molecule has 0 aliphatic carbocycles. The second-order valence-corrected chi connectivity index (χ2v) is 7.42. The molecule has 2 aromatic heterocycles. The van der Waals surface area contributed by atoms with Crippen LogP contribution in [0.15, 0.2) is 59.4 Å². The number of hydrogen-bond acceptors (Lipinski definition) is 5. The van der Waals surface area contributed by atoms with E-state index in [1.165, 1.54) is 11.3 Å². The summed E-state index contributed by atoms with van der Waals surface area (Å²) in [5.41, 5.74) is 5.37. The van der Waals surface area contributed by atoms with Crippen LogP contribution in [0.1, 0.15) is 28.3 Å². The summed E-state index contributed by atoms with van der Waals surface area (Å²) in [6, 6.07) is 15.3. The van der Waals surface area contributed by atoms with E-state index < -0.39 is 0 Å². The summed E-state index contributed by atoms with van der Waals surface area (Å²) in [5, 5.41) is 4.93. The van der Waals surface area contributed by atoms with Gasteiger partial charge in [-0.2, -0.15) is 0 Å². The highest BCUT2D eigenvalue weighted by Gasteiger charge is 2.09. The number of rotatable bonds is 8. The molecule has 1 N–H and O–H groups in total. The molecule has 4 rings (SSSR count). The maximum absolute atomic E-state index is 12.5. The second-order valence-electron chi connectivity index (χ2n) is 6.71.